The Morgan fingerprint density at radius 2 is 2.12 bits per heavy atom. The first-order valence-corrected chi connectivity index (χ1v) is 12.1. The summed E-state index contributed by atoms with van der Waals surface area (Å²) in [5.41, 5.74) is 4.28. The number of aromatic nitrogens is 1. The van der Waals surface area contributed by atoms with Crippen molar-refractivity contribution >= 4 is 11.6 Å². The summed E-state index contributed by atoms with van der Waals surface area (Å²) in [4.78, 5) is 17.2. The van der Waals surface area contributed by atoms with Crippen molar-refractivity contribution in [3.63, 3.8) is 0 Å². The number of carbonyl (C=O) groups excluding carboxylic acids is 1. The van der Waals surface area contributed by atoms with Gasteiger partial charge in [-0.25, -0.2) is 0 Å². The Morgan fingerprint density at radius 1 is 1.28 bits per heavy atom. The van der Waals surface area contributed by atoms with E-state index in [-0.39, 0.29) is 11.3 Å². The Bertz CT molecular complexity index is 975. The summed E-state index contributed by atoms with van der Waals surface area (Å²) in [5, 5.41) is 14.2. The third-order valence-corrected chi connectivity index (χ3v) is 7.81. The molecule has 4 rings (SSSR count). The van der Waals surface area contributed by atoms with Crippen LogP contribution in [0.3, 0.4) is 0 Å². The topological polar surface area (TPSA) is 71.5 Å². The van der Waals surface area contributed by atoms with E-state index in [1.807, 2.05) is 32.0 Å². The van der Waals surface area contributed by atoms with Gasteiger partial charge in [-0.15, -0.1) is 0 Å². The average molecular weight is 437 g/mol. The van der Waals surface area contributed by atoms with Crippen LogP contribution < -0.4 is 5.32 Å². The Hall–Kier alpha value is -2.24. The lowest BCUT2D eigenvalue weighted by molar-refractivity contribution is -0.0975. The van der Waals surface area contributed by atoms with Gasteiger partial charge in [0.1, 0.15) is 0 Å². The van der Waals surface area contributed by atoms with Gasteiger partial charge in [-0.05, 0) is 106 Å². The number of aliphatic hydroxyl groups is 1. The van der Waals surface area contributed by atoms with Crippen molar-refractivity contribution in [2.75, 3.05) is 18.5 Å². The largest absolute Gasteiger partial charge is 0.387 e. The molecule has 2 aliphatic carbocycles. The van der Waals surface area contributed by atoms with Crippen LogP contribution in [0, 0.1) is 12.8 Å². The Labute approximate surface area is 191 Å². The number of anilines is 1. The van der Waals surface area contributed by atoms with Crippen LogP contribution in [-0.2, 0) is 16.6 Å². The van der Waals surface area contributed by atoms with E-state index in [1.165, 1.54) is 11.1 Å². The number of pyridine rings is 1. The molecule has 172 valence electrons. The number of carbonyl (C=O) groups is 1. The molecule has 0 aliphatic heterocycles. The molecule has 0 unspecified atom stereocenters. The number of hydrogen-bond donors (Lipinski definition) is 2. The van der Waals surface area contributed by atoms with Crippen molar-refractivity contribution in [2.45, 2.75) is 76.7 Å². The van der Waals surface area contributed by atoms with Crippen molar-refractivity contribution in [1.82, 2.24) is 4.98 Å². The van der Waals surface area contributed by atoms with Crippen molar-refractivity contribution in [3.05, 3.63) is 58.9 Å². The summed E-state index contributed by atoms with van der Waals surface area (Å²) in [5.74, 6) is 0.343. The first kappa shape index (κ1) is 22.9. The molecule has 1 aromatic carbocycles. The maximum Gasteiger partial charge on any atom is 0.255 e. The molecule has 2 aliphatic rings. The fourth-order valence-corrected chi connectivity index (χ4v) is 6.01. The molecule has 32 heavy (non-hydrogen) atoms. The summed E-state index contributed by atoms with van der Waals surface area (Å²) in [6, 6.07) is 9.97. The van der Waals surface area contributed by atoms with Crippen molar-refractivity contribution in [3.8, 4) is 0 Å². The van der Waals surface area contributed by atoms with Crippen LogP contribution in [-0.4, -0.2) is 34.8 Å². The Morgan fingerprint density at radius 3 is 2.88 bits per heavy atom. The third-order valence-electron chi connectivity index (χ3n) is 7.81. The SMILES string of the molecule is CCOC[C@]1(O)CC[C@]2(CC)c3ccc(C(=O)Nc4cccnc4C)cc3CCC[C@@H]2C1. The Balaban J connectivity index is 1.61. The summed E-state index contributed by atoms with van der Waals surface area (Å²) >= 11 is 0. The van der Waals surface area contributed by atoms with Gasteiger partial charge >= 0.3 is 0 Å². The molecular weight excluding hydrogens is 400 g/mol. The quantitative estimate of drug-likeness (QED) is 0.653. The molecule has 1 amide bonds. The molecule has 5 nitrogen and oxygen atoms in total. The number of fused-ring (bicyclic) bond motifs is 3. The molecule has 2 aromatic rings. The van der Waals surface area contributed by atoms with Crippen molar-refractivity contribution in [2.24, 2.45) is 5.92 Å². The number of nitrogens with zero attached hydrogens (tertiary/aromatic N) is 1. The van der Waals surface area contributed by atoms with Gasteiger partial charge in [-0.3, -0.25) is 9.78 Å². The first-order valence-electron chi connectivity index (χ1n) is 12.1. The maximum absolute atomic E-state index is 13.0. The van der Waals surface area contributed by atoms with Crippen LogP contribution in [0.15, 0.2) is 36.5 Å². The highest BCUT2D eigenvalue weighted by Crippen LogP contribution is 2.53. The Kier molecular flexibility index (Phi) is 6.68. The van der Waals surface area contributed by atoms with Gasteiger partial charge in [-0.2, -0.15) is 0 Å². The number of benzene rings is 1. The number of hydrogen-bond acceptors (Lipinski definition) is 4. The fraction of sp³-hybridized carbons (Fsp3) is 0.556. The van der Waals surface area contributed by atoms with E-state index in [4.69, 9.17) is 4.74 Å². The second-order valence-electron chi connectivity index (χ2n) is 9.63. The molecule has 1 saturated carbocycles. The van der Waals surface area contributed by atoms with E-state index in [0.29, 0.717) is 24.7 Å². The van der Waals surface area contributed by atoms with Gasteiger partial charge in [0.05, 0.1) is 23.6 Å². The molecule has 1 heterocycles. The predicted molar refractivity (Wildman–Crippen MR) is 127 cm³/mol. The zero-order chi connectivity index (χ0) is 22.8. The minimum absolute atomic E-state index is 0.0687. The summed E-state index contributed by atoms with van der Waals surface area (Å²) in [6.07, 6.45) is 8.46. The number of ether oxygens (including phenoxy) is 1. The van der Waals surface area contributed by atoms with Crippen LogP contribution in [0.5, 0.6) is 0 Å². The molecule has 5 heteroatoms. The lowest BCUT2D eigenvalue weighted by Crippen LogP contribution is -2.49. The van der Waals surface area contributed by atoms with Gasteiger partial charge in [0.15, 0.2) is 0 Å². The predicted octanol–water partition coefficient (Wildman–Crippen LogP) is 5.19. The number of amides is 1. The number of rotatable bonds is 6. The standard InChI is InChI=1S/C27H36N2O3/c1-4-27-14-13-26(31,18-32-5-2)17-22(27)9-6-8-20-16-21(11-12-23(20)27)25(30)29-24-10-7-15-28-19(24)3/h7,10-12,15-16,22,31H,4-6,8-9,13-14,17-18H2,1-3H3,(H,29,30)/t22-,26+,27+/m1/s1. The van der Waals surface area contributed by atoms with Crippen LogP contribution in [0.25, 0.3) is 0 Å². The fourth-order valence-electron chi connectivity index (χ4n) is 6.01. The highest BCUT2D eigenvalue weighted by molar-refractivity contribution is 6.04. The molecular formula is C27H36N2O3. The van der Waals surface area contributed by atoms with Gasteiger partial charge < -0.3 is 15.2 Å². The highest BCUT2D eigenvalue weighted by Gasteiger charge is 2.49. The van der Waals surface area contributed by atoms with Gasteiger partial charge in [0, 0.05) is 18.4 Å². The van der Waals surface area contributed by atoms with E-state index in [1.54, 1.807) is 6.20 Å². The van der Waals surface area contributed by atoms with E-state index < -0.39 is 5.60 Å². The molecule has 0 saturated heterocycles. The lowest BCUT2D eigenvalue weighted by Gasteiger charge is -2.50. The second-order valence-corrected chi connectivity index (χ2v) is 9.63. The molecule has 0 radical (unpaired) electrons. The summed E-state index contributed by atoms with van der Waals surface area (Å²) in [6.45, 7) is 7.22. The van der Waals surface area contributed by atoms with E-state index in [2.05, 4.69) is 29.4 Å². The molecule has 1 fully saturated rings. The van der Waals surface area contributed by atoms with Crippen molar-refractivity contribution < 1.29 is 14.6 Å². The lowest BCUT2D eigenvalue weighted by atomic mass is 9.57. The van der Waals surface area contributed by atoms with E-state index in [9.17, 15) is 9.90 Å². The molecule has 3 atom stereocenters. The molecule has 0 bridgehead atoms. The smallest absolute Gasteiger partial charge is 0.255 e. The number of nitrogens with one attached hydrogen (secondary N) is 1. The third kappa shape index (κ3) is 4.33. The molecule has 2 N–H and O–H groups in total. The first-order chi connectivity index (χ1) is 15.4. The number of aryl methyl sites for hydroxylation is 2. The minimum atomic E-state index is -0.717. The van der Waals surface area contributed by atoms with E-state index >= 15 is 0 Å². The van der Waals surface area contributed by atoms with Crippen LogP contribution in [0.2, 0.25) is 0 Å². The van der Waals surface area contributed by atoms with Gasteiger partial charge in [0.2, 0.25) is 0 Å². The zero-order valence-electron chi connectivity index (χ0n) is 19.6. The highest BCUT2D eigenvalue weighted by atomic mass is 16.5. The van der Waals surface area contributed by atoms with Crippen LogP contribution in [0.1, 0.15) is 79.6 Å². The monoisotopic (exact) mass is 436 g/mol. The van der Waals surface area contributed by atoms with E-state index in [0.717, 1.165) is 56.3 Å². The van der Waals surface area contributed by atoms with Gasteiger partial charge in [-0.1, -0.05) is 13.0 Å². The van der Waals surface area contributed by atoms with Gasteiger partial charge in [0.25, 0.3) is 5.91 Å². The molecule has 0 spiro atoms. The van der Waals surface area contributed by atoms with Crippen LogP contribution >= 0.6 is 0 Å². The molecule has 1 aromatic heterocycles. The second kappa shape index (κ2) is 9.32. The zero-order valence-corrected chi connectivity index (χ0v) is 19.6. The normalized spacial score (nSPS) is 27.2. The summed E-state index contributed by atoms with van der Waals surface area (Å²) in [7, 11) is 0. The van der Waals surface area contributed by atoms with Crippen molar-refractivity contribution in [1.29, 1.82) is 0 Å². The minimum Gasteiger partial charge on any atom is -0.387 e. The average Bonchev–Trinajstić information content (AvgIpc) is 2.95. The maximum atomic E-state index is 13.0. The summed E-state index contributed by atoms with van der Waals surface area (Å²) < 4.78 is 5.62. The van der Waals surface area contributed by atoms with Crippen LogP contribution in [0.4, 0.5) is 5.69 Å².